The second-order valence-electron chi connectivity index (χ2n) is 17.9. The molecule has 66 heavy (non-hydrogen) atoms. The van der Waals surface area contributed by atoms with Crippen molar-refractivity contribution in [2.75, 3.05) is 85.8 Å². The molecule has 0 aromatic heterocycles. The molecule has 0 heterocycles. The van der Waals surface area contributed by atoms with Gasteiger partial charge in [0.1, 0.15) is 11.2 Å². The predicted octanol–water partition coefficient (Wildman–Crippen LogP) is 11.9. The first-order chi connectivity index (χ1) is 31.4. The fourth-order valence-electron chi connectivity index (χ4n) is 8.64. The van der Waals surface area contributed by atoms with E-state index in [0.29, 0.717) is 0 Å². The fourth-order valence-corrected chi connectivity index (χ4v) is 8.64. The van der Waals surface area contributed by atoms with Crippen molar-refractivity contribution in [3.63, 3.8) is 0 Å². The Morgan fingerprint density at radius 3 is 0.561 bits per heavy atom. The molecule has 0 saturated heterocycles. The van der Waals surface area contributed by atoms with Crippen LogP contribution in [0.2, 0.25) is 0 Å². The summed E-state index contributed by atoms with van der Waals surface area (Å²) in [5.41, 5.74) is 11.5. The third-order valence-electron chi connectivity index (χ3n) is 12.4. The van der Waals surface area contributed by atoms with Crippen LogP contribution in [0.4, 0.5) is 45.5 Å². The van der Waals surface area contributed by atoms with Crippen molar-refractivity contribution in [2.45, 2.75) is 25.0 Å². The monoisotopic (exact) mass is 877 g/mol. The first kappa shape index (κ1) is 46.7. The third kappa shape index (κ3) is 9.16. The number of anilines is 8. The van der Waals surface area contributed by atoms with Crippen LogP contribution in [0, 0.1) is 0 Å². The minimum Gasteiger partial charge on any atom is -0.378 e. The molecule has 338 valence electrons. The molecule has 0 saturated carbocycles. The molecule has 0 aliphatic rings. The SMILES string of the molecule is C=C(C)N(c1ccc(N(C(=C)C)c2ccc(C(O)(c3ccc(N(C)C)cc3)c3ccc(N(C)C)cc3)cc2)cc1)c1ccc(C(O)(c2ccc(N(C)C)cc2)c2ccc(N(C)C)cc2)cc1. The van der Waals surface area contributed by atoms with Crippen molar-refractivity contribution < 1.29 is 10.2 Å². The smallest absolute Gasteiger partial charge is 0.140 e. The van der Waals surface area contributed by atoms with E-state index >= 15 is 0 Å². The fraction of sp³-hybridized carbons (Fsp3) is 0.207. The van der Waals surface area contributed by atoms with Crippen molar-refractivity contribution in [3.8, 4) is 0 Å². The van der Waals surface area contributed by atoms with E-state index in [0.717, 1.165) is 90.3 Å². The summed E-state index contributed by atoms with van der Waals surface area (Å²) in [6.07, 6.45) is 0. The zero-order valence-electron chi connectivity index (χ0n) is 40.2. The molecule has 7 aromatic carbocycles. The topological polar surface area (TPSA) is 59.9 Å². The summed E-state index contributed by atoms with van der Waals surface area (Å²) in [6, 6.07) is 56.9. The second-order valence-corrected chi connectivity index (χ2v) is 17.9. The van der Waals surface area contributed by atoms with Gasteiger partial charge in [0.15, 0.2) is 0 Å². The summed E-state index contributed by atoms with van der Waals surface area (Å²) in [5, 5.41) is 25.6. The number of hydrogen-bond donors (Lipinski definition) is 2. The lowest BCUT2D eigenvalue weighted by Crippen LogP contribution is -2.29. The first-order valence-electron chi connectivity index (χ1n) is 22.2. The molecule has 0 amide bonds. The highest BCUT2D eigenvalue weighted by Crippen LogP contribution is 2.42. The summed E-state index contributed by atoms with van der Waals surface area (Å²) in [7, 11) is 16.1. The average Bonchev–Trinajstić information content (AvgIpc) is 3.32. The number of nitrogens with zero attached hydrogens (tertiary/aromatic N) is 6. The Hall–Kier alpha value is -7.26. The molecule has 0 fully saturated rings. The van der Waals surface area contributed by atoms with Gasteiger partial charge in [-0.1, -0.05) is 86.0 Å². The van der Waals surface area contributed by atoms with E-state index in [-0.39, 0.29) is 0 Å². The molecule has 2 N–H and O–H groups in total. The average molecular weight is 877 g/mol. The lowest BCUT2D eigenvalue weighted by Gasteiger charge is -2.32. The zero-order chi connectivity index (χ0) is 47.5. The quantitative estimate of drug-likeness (QED) is 0.0931. The minimum absolute atomic E-state index is 0.754. The molecule has 0 atom stereocenters. The Kier molecular flexibility index (Phi) is 13.5. The van der Waals surface area contributed by atoms with Crippen LogP contribution in [-0.4, -0.2) is 66.6 Å². The number of hydrogen-bond acceptors (Lipinski definition) is 8. The third-order valence-corrected chi connectivity index (χ3v) is 12.4. The molecule has 0 aliphatic carbocycles. The van der Waals surface area contributed by atoms with Crippen LogP contribution in [0.3, 0.4) is 0 Å². The normalized spacial score (nSPS) is 11.5. The minimum atomic E-state index is -1.40. The van der Waals surface area contributed by atoms with Crippen LogP contribution in [-0.2, 0) is 11.2 Å². The largest absolute Gasteiger partial charge is 0.378 e. The summed E-state index contributed by atoms with van der Waals surface area (Å²) >= 11 is 0. The van der Waals surface area contributed by atoms with Gasteiger partial charge in [-0.05, 0) is 144 Å². The van der Waals surface area contributed by atoms with Crippen molar-refractivity contribution >= 4 is 45.5 Å². The van der Waals surface area contributed by atoms with Gasteiger partial charge in [0, 0.05) is 113 Å². The molecule has 7 rings (SSSR count). The highest BCUT2D eigenvalue weighted by Gasteiger charge is 2.36. The van der Waals surface area contributed by atoms with Gasteiger partial charge in [-0.2, -0.15) is 0 Å². The van der Waals surface area contributed by atoms with Gasteiger partial charge in [0.05, 0.1) is 0 Å². The van der Waals surface area contributed by atoms with E-state index in [9.17, 15) is 10.2 Å². The summed E-state index contributed by atoms with van der Waals surface area (Å²) < 4.78 is 0. The molecular formula is C58H64N6O2. The molecule has 0 spiro atoms. The molecular weight excluding hydrogens is 813 g/mol. The lowest BCUT2D eigenvalue weighted by atomic mass is 9.80. The van der Waals surface area contributed by atoms with Crippen LogP contribution in [0.5, 0.6) is 0 Å². The standard InChI is InChI=1S/C58H64N6O2/c1-41(2)63(53-33-21-47(22-34-53)57(65,43-13-25-49(26-14-43)59(5)6)44-15-27-50(28-16-44)60(7)8)55-37-39-56(40-38-55)64(42(3)4)54-35-23-48(24-36-54)58(66,45-17-29-51(30-18-45)61(9)10)46-19-31-52(32-20-46)62(11)12/h13-40,65-66H,1,3H2,2,4-12H3. The van der Waals surface area contributed by atoms with E-state index in [1.807, 2.05) is 216 Å². The number of benzene rings is 7. The van der Waals surface area contributed by atoms with Crippen molar-refractivity contribution in [2.24, 2.45) is 0 Å². The number of rotatable bonds is 16. The molecule has 0 unspecified atom stereocenters. The summed E-state index contributed by atoms with van der Waals surface area (Å²) in [6.45, 7) is 12.7. The van der Waals surface area contributed by atoms with Crippen LogP contribution < -0.4 is 29.4 Å². The van der Waals surface area contributed by atoms with Crippen LogP contribution in [0.1, 0.15) is 47.2 Å². The van der Waals surface area contributed by atoms with E-state index in [1.165, 1.54) is 0 Å². The number of allylic oxidation sites excluding steroid dienone is 2. The maximum absolute atomic E-state index is 12.8. The van der Waals surface area contributed by atoms with Gasteiger partial charge in [0.2, 0.25) is 0 Å². The zero-order valence-corrected chi connectivity index (χ0v) is 40.2. The molecule has 0 aliphatic heterocycles. The summed E-state index contributed by atoms with van der Waals surface area (Å²) in [5.74, 6) is 0. The molecule has 8 heteroatoms. The van der Waals surface area contributed by atoms with E-state index in [2.05, 4.69) is 66.8 Å². The molecule has 0 radical (unpaired) electrons. The van der Waals surface area contributed by atoms with Crippen LogP contribution in [0.25, 0.3) is 0 Å². The van der Waals surface area contributed by atoms with Crippen molar-refractivity contribution in [1.82, 2.24) is 0 Å². The molecule has 7 aromatic rings. The number of aliphatic hydroxyl groups is 2. The van der Waals surface area contributed by atoms with Crippen LogP contribution in [0.15, 0.2) is 194 Å². The van der Waals surface area contributed by atoms with Crippen LogP contribution >= 0.6 is 0 Å². The Balaban J connectivity index is 1.19. The van der Waals surface area contributed by atoms with Crippen molar-refractivity contribution in [1.29, 1.82) is 0 Å². The first-order valence-corrected chi connectivity index (χ1v) is 22.2. The Morgan fingerprint density at radius 1 is 0.288 bits per heavy atom. The van der Waals surface area contributed by atoms with Gasteiger partial charge in [-0.25, -0.2) is 0 Å². The van der Waals surface area contributed by atoms with E-state index in [1.54, 1.807) is 0 Å². The Bertz CT molecular complexity index is 2440. The van der Waals surface area contributed by atoms with Gasteiger partial charge < -0.3 is 39.6 Å². The maximum Gasteiger partial charge on any atom is 0.140 e. The summed E-state index contributed by atoms with van der Waals surface area (Å²) in [4.78, 5) is 12.4. The van der Waals surface area contributed by atoms with Gasteiger partial charge in [-0.15, -0.1) is 0 Å². The maximum atomic E-state index is 12.8. The lowest BCUT2D eigenvalue weighted by molar-refractivity contribution is 0.125. The van der Waals surface area contributed by atoms with Crippen molar-refractivity contribution in [3.05, 3.63) is 228 Å². The second kappa shape index (κ2) is 19.1. The van der Waals surface area contributed by atoms with Gasteiger partial charge in [0.25, 0.3) is 0 Å². The Labute approximate surface area is 392 Å². The Morgan fingerprint density at radius 2 is 0.424 bits per heavy atom. The van der Waals surface area contributed by atoms with E-state index in [4.69, 9.17) is 0 Å². The van der Waals surface area contributed by atoms with Gasteiger partial charge >= 0.3 is 0 Å². The highest BCUT2D eigenvalue weighted by molar-refractivity contribution is 5.74. The predicted molar refractivity (Wildman–Crippen MR) is 281 cm³/mol. The highest BCUT2D eigenvalue weighted by atomic mass is 16.3. The molecule has 0 bridgehead atoms. The molecule has 8 nitrogen and oxygen atoms in total. The van der Waals surface area contributed by atoms with E-state index < -0.39 is 11.2 Å². The van der Waals surface area contributed by atoms with Gasteiger partial charge in [-0.3, -0.25) is 0 Å².